The minimum absolute atomic E-state index is 0.244. The first-order valence-electron chi connectivity index (χ1n) is 8.13. The first-order valence-corrected chi connectivity index (χ1v) is 8.13. The molecule has 0 aliphatic rings. The van der Waals surface area contributed by atoms with Crippen molar-refractivity contribution in [3.8, 4) is 22.8 Å². The maximum Gasteiger partial charge on any atom is 0.356 e. The molecule has 0 N–H and O–H groups in total. The van der Waals surface area contributed by atoms with Crippen molar-refractivity contribution < 1.29 is 4.74 Å². The van der Waals surface area contributed by atoms with Gasteiger partial charge in [0.15, 0.2) is 0 Å². The summed E-state index contributed by atoms with van der Waals surface area (Å²) in [6.45, 7) is 3.91. The summed E-state index contributed by atoms with van der Waals surface area (Å²) in [5, 5.41) is 4.25. The molecule has 0 bridgehead atoms. The summed E-state index contributed by atoms with van der Waals surface area (Å²) >= 11 is 0. The summed E-state index contributed by atoms with van der Waals surface area (Å²) in [6, 6.07) is 9.48. The SMILES string of the molecule is COc1cccc(-c2c(C)c3cnn(-c4ncccn4)c(=O)n3c2C)c1. The highest BCUT2D eigenvalue weighted by molar-refractivity contribution is 5.79. The van der Waals surface area contributed by atoms with E-state index in [1.807, 2.05) is 38.1 Å². The van der Waals surface area contributed by atoms with E-state index in [0.717, 1.165) is 33.7 Å². The molecule has 7 nitrogen and oxygen atoms in total. The van der Waals surface area contributed by atoms with E-state index in [1.165, 1.54) is 4.68 Å². The van der Waals surface area contributed by atoms with E-state index in [0.29, 0.717) is 0 Å². The molecule has 0 saturated carbocycles. The lowest BCUT2D eigenvalue weighted by atomic mass is 10.0. The van der Waals surface area contributed by atoms with Crippen LogP contribution in [0.2, 0.25) is 0 Å². The Morgan fingerprint density at radius 3 is 2.58 bits per heavy atom. The van der Waals surface area contributed by atoms with Crippen molar-refractivity contribution >= 4 is 5.52 Å². The molecule has 0 aliphatic heterocycles. The second-order valence-electron chi connectivity index (χ2n) is 5.93. The predicted octanol–water partition coefficient (Wildman–Crippen LogP) is 2.57. The minimum Gasteiger partial charge on any atom is -0.497 e. The van der Waals surface area contributed by atoms with Gasteiger partial charge in [-0.3, -0.25) is 4.40 Å². The number of aromatic nitrogens is 5. The van der Waals surface area contributed by atoms with Crippen LogP contribution in [0.5, 0.6) is 5.75 Å². The predicted molar refractivity (Wildman–Crippen MR) is 97.8 cm³/mol. The average molecular weight is 347 g/mol. The molecule has 4 rings (SSSR count). The Balaban J connectivity index is 2.00. The number of aryl methyl sites for hydroxylation is 2. The average Bonchev–Trinajstić information content (AvgIpc) is 2.94. The normalized spacial score (nSPS) is 11.0. The Morgan fingerprint density at radius 2 is 1.85 bits per heavy atom. The topological polar surface area (TPSA) is 74.3 Å². The third-order valence-corrected chi connectivity index (χ3v) is 4.47. The zero-order valence-electron chi connectivity index (χ0n) is 14.7. The summed E-state index contributed by atoms with van der Waals surface area (Å²) in [6.07, 6.45) is 4.83. The number of hydrogen-bond acceptors (Lipinski definition) is 5. The number of nitrogens with zero attached hydrogens (tertiary/aromatic N) is 5. The molecular formula is C19H17N5O2. The van der Waals surface area contributed by atoms with Crippen LogP contribution in [0.4, 0.5) is 0 Å². The molecule has 130 valence electrons. The molecule has 3 aromatic heterocycles. The molecule has 0 unspecified atom stereocenters. The van der Waals surface area contributed by atoms with Crippen molar-refractivity contribution in [1.29, 1.82) is 0 Å². The number of rotatable bonds is 3. The molecule has 0 saturated heterocycles. The Morgan fingerprint density at radius 1 is 1.08 bits per heavy atom. The smallest absolute Gasteiger partial charge is 0.356 e. The first-order chi connectivity index (χ1) is 12.6. The fraction of sp³-hybridized carbons (Fsp3) is 0.158. The summed E-state index contributed by atoms with van der Waals surface area (Å²) in [5.74, 6) is 1.01. The van der Waals surface area contributed by atoms with E-state index in [4.69, 9.17) is 4.74 Å². The van der Waals surface area contributed by atoms with Gasteiger partial charge in [0.1, 0.15) is 5.75 Å². The van der Waals surface area contributed by atoms with Gasteiger partial charge in [0, 0.05) is 23.7 Å². The van der Waals surface area contributed by atoms with E-state index in [2.05, 4.69) is 15.1 Å². The number of methoxy groups -OCH3 is 1. The molecule has 26 heavy (non-hydrogen) atoms. The Hall–Kier alpha value is -3.48. The van der Waals surface area contributed by atoms with Crippen molar-refractivity contribution in [2.45, 2.75) is 13.8 Å². The highest BCUT2D eigenvalue weighted by Crippen LogP contribution is 2.32. The Bertz CT molecular complexity index is 1160. The van der Waals surface area contributed by atoms with E-state index < -0.39 is 0 Å². The lowest BCUT2D eigenvalue weighted by molar-refractivity contribution is 0.415. The molecule has 0 radical (unpaired) electrons. The molecule has 0 spiro atoms. The molecule has 7 heteroatoms. The fourth-order valence-electron chi connectivity index (χ4n) is 3.26. The maximum absolute atomic E-state index is 13.0. The summed E-state index contributed by atoms with van der Waals surface area (Å²) in [5.41, 5.74) is 4.27. The van der Waals surface area contributed by atoms with Gasteiger partial charge in [-0.15, -0.1) is 4.68 Å². The molecule has 0 fully saturated rings. The molecule has 1 aromatic carbocycles. The van der Waals surface area contributed by atoms with E-state index >= 15 is 0 Å². The third kappa shape index (κ3) is 2.36. The second kappa shape index (κ2) is 6.11. The van der Waals surface area contributed by atoms with Gasteiger partial charge in [0.05, 0.1) is 18.8 Å². The fourth-order valence-corrected chi connectivity index (χ4v) is 3.26. The molecule has 4 aromatic rings. The Labute approximate surface area is 149 Å². The van der Waals surface area contributed by atoms with E-state index in [9.17, 15) is 4.79 Å². The van der Waals surface area contributed by atoms with Crippen molar-refractivity contribution in [3.05, 3.63) is 70.7 Å². The number of ether oxygens (including phenoxy) is 1. The molecule has 0 aliphatic carbocycles. The second-order valence-corrected chi connectivity index (χ2v) is 5.93. The van der Waals surface area contributed by atoms with Crippen LogP contribution in [0.3, 0.4) is 0 Å². The lowest BCUT2D eigenvalue weighted by Crippen LogP contribution is -2.29. The number of hydrogen-bond donors (Lipinski definition) is 0. The zero-order valence-corrected chi connectivity index (χ0v) is 14.7. The summed E-state index contributed by atoms with van der Waals surface area (Å²) in [4.78, 5) is 21.3. The number of benzene rings is 1. The summed E-state index contributed by atoms with van der Waals surface area (Å²) < 4.78 is 8.18. The van der Waals surface area contributed by atoms with Crippen molar-refractivity contribution in [3.63, 3.8) is 0 Å². The van der Waals surface area contributed by atoms with Crippen LogP contribution in [-0.2, 0) is 0 Å². The molecule has 3 heterocycles. The van der Waals surface area contributed by atoms with Gasteiger partial charge in [-0.05, 0) is 43.2 Å². The van der Waals surface area contributed by atoms with Crippen LogP contribution >= 0.6 is 0 Å². The molecule has 0 atom stereocenters. The number of fused-ring (bicyclic) bond motifs is 1. The van der Waals surface area contributed by atoms with Gasteiger partial charge in [0.2, 0.25) is 0 Å². The zero-order chi connectivity index (χ0) is 18.3. The standard InChI is InChI=1S/C19H17N5O2/c1-12-16-11-22-24(18-20-8-5-9-21-18)19(25)23(16)13(2)17(12)14-6-4-7-15(10-14)26-3/h4-11H,1-3H3. The Kier molecular flexibility index (Phi) is 3.76. The highest BCUT2D eigenvalue weighted by atomic mass is 16.5. The largest absolute Gasteiger partial charge is 0.497 e. The monoisotopic (exact) mass is 347 g/mol. The molecular weight excluding hydrogens is 330 g/mol. The first kappa shape index (κ1) is 16.0. The van der Waals surface area contributed by atoms with Gasteiger partial charge in [-0.25, -0.2) is 14.8 Å². The van der Waals surface area contributed by atoms with Gasteiger partial charge < -0.3 is 4.74 Å². The quantitative estimate of drug-likeness (QED) is 0.569. The van der Waals surface area contributed by atoms with Crippen LogP contribution in [0.1, 0.15) is 11.3 Å². The van der Waals surface area contributed by atoms with Gasteiger partial charge in [-0.2, -0.15) is 5.10 Å². The van der Waals surface area contributed by atoms with E-state index in [1.54, 1.807) is 36.2 Å². The van der Waals surface area contributed by atoms with Gasteiger partial charge >= 0.3 is 5.69 Å². The highest BCUT2D eigenvalue weighted by Gasteiger charge is 2.18. The maximum atomic E-state index is 13.0. The van der Waals surface area contributed by atoms with Crippen molar-refractivity contribution in [2.24, 2.45) is 0 Å². The van der Waals surface area contributed by atoms with Crippen LogP contribution in [-0.4, -0.2) is 31.3 Å². The van der Waals surface area contributed by atoms with Crippen LogP contribution in [0.25, 0.3) is 22.6 Å². The summed E-state index contributed by atoms with van der Waals surface area (Å²) in [7, 11) is 1.64. The molecule has 0 amide bonds. The van der Waals surface area contributed by atoms with Crippen molar-refractivity contribution in [2.75, 3.05) is 7.11 Å². The minimum atomic E-state index is -0.302. The van der Waals surface area contributed by atoms with Gasteiger partial charge in [-0.1, -0.05) is 12.1 Å². The lowest BCUT2D eigenvalue weighted by Gasteiger charge is -2.06. The van der Waals surface area contributed by atoms with Crippen LogP contribution in [0.15, 0.2) is 53.7 Å². The van der Waals surface area contributed by atoms with Crippen LogP contribution in [0, 0.1) is 13.8 Å². The van der Waals surface area contributed by atoms with Gasteiger partial charge in [0.25, 0.3) is 5.95 Å². The van der Waals surface area contributed by atoms with Crippen molar-refractivity contribution in [1.82, 2.24) is 24.1 Å². The van der Waals surface area contributed by atoms with E-state index in [-0.39, 0.29) is 11.6 Å². The van der Waals surface area contributed by atoms with Crippen LogP contribution < -0.4 is 10.4 Å². The third-order valence-electron chi connectivity index (χ3n) is 4.47.